The molecule has 2 aliphatic heterocycles. The van der Waals surface area contributed by atoms with Crippen LogP contribution in [0.1, 0.15) is 38.4 Å². The Kier molecular flexibility index (Phi) is 4.29. The molecule has 22 heavy (non-hydrogen) atoms. The molecule has 2 fully saturated rings. The van der Waals surface area contributed by atoms with Gasteiger partial charge < -0.3 is 14.2 Å². The van der Waals surface area contributed by atoms with E-state index in [9.17, 15) is 9.59 Å². The van der Waals surface area contributed by atoms with Gasteiger partial charge in [0.05, 0.1) is 6.54 Å². The second-order valence-electron chi connectivity index (χ2n) is 6.08. The van der Waals surface area contributed by atoms with Gasteiger partial charge in [-0.3, -0.25) is 9.59 Å². The molecule has 6 nitrogen and oxygen atoms in total. The molecular formula is C16H23N3O3. The Hall–Kier alpha value is -1.69. The maximum absolute atomic E-state index is 12.3. The molecule has 6 heteroatoms. The molecule has 0 aliphatic carbocycles. The molecule has 0 bridgehead atoms. The molecule has 0 N–H and O–H groups in total. The molecule has 0 radical (unpaired) electrons. The highest BCUT2D eigenvalue weighted by molar-refractivity contribution is 5.93. The standard InChI is InChI=1S/C16H23N3O3/c1-2-14-17-7-10-18(14)8-4-15(21)19-9-6-16(13(20)12-19)5-3-11-22-16/h7,10H,2-6,8-9,11-12H2,1H3. The first kappa shape index (κ1) is 15.2. The van der Waals surface area contributed by atoms with Crippen molar-refractivity contribution in [2.75, 3.05) is 19.7 Å². The Morgan fingerprint density at radius 2 is 2.32 bits per heavy atom. The third-order valence-electron chi connectivity index (χ3n) is 4.77. The van der Waals surface area contributed by atoms with Crippen LogP contribution in [-0.4, -0.2) is 51.4 Å². The summed E-state index contributed by atoms with van der Waals surface area (Å²) in [5.74, 6) is 1.10. The number of carbonyl (C=O) groups excluding carboxylic acids is 2. The van der Waals surface area contributed by atoms with Gasteiger partial charge in [-0.15, -0.1) is 0 Å². The van der Waals surface area contributed by atoms with Gasteiger partial charge in [0.15, 0.2) is 5.78 Å². The van der Waals surface area contributed by atoms with Crippen molar-refractivity contribution in [2.24, 2.45) is 0 Å². The minimum absolute atomic E-state index is 0.0388. The molecule has 0 aromatic carbocycles. The van der Waals surface area contributed by atoms with E-state index in [-0.39, 0.29) is 18.2 Å². The van der Waals surface area contributed by atoms with E-state index in [1.54, 1.807) is 11.1 Å². The SMILES string of the molecule is CCc1nccn1CCC(=O)N1CCC2(CCCO2)C(=O)C1. The molecule has 120 valence electrons. The molecular weight excluding hydrogens is 282 g/mol. The molecule has 1 atom stereocenters. The van der Waals surface area contributed by atoms with Crippen molar-refractivity contribution in [2.45, 2.75) is 51.2 Å². The molecule has 1 unspecified atom stereocenters. The number of piperidine rings is 1. The van der Waals surface area contributed by atoms with Crippen molar-refractivity contribution in [1.82, 2.24) is 14.5 Å². The molecule has 1 amide bonds. The normalized spacial score (nSPS) is 25.1. The zero-order valence-corrected chi connectivity index (χ0v) is 13.1. The van der Waals surface area contributed by atoms with E-state index in [2.05, 4.69) is 4.98 Å². The van der Waals surface area contributed by atoms with Crippen molar-refractivity contribution in [3.8, 4) is 0 Å². The number of likely N-dealkylation sites (tertiary alicyclic amines) is 1. The van der Waals surface area contributed by atoms with Crippen LogP contribution in [-0.2, 0) is 27.3 Å². The van der Waals surface area contributed by atoms with Crippen molar-refractivity contribution in [3.05, 3.63) is 18.2 Å². The van der Waals surface area contributed by atoms with E-state index in [0.29, 0.717) is 32.5 Å². The van der Waals surface area contributed by atoms with Crippen LogP contribution in [0.3, 0.4) is 0 Å². The summed E-state index contributed by atoms with van der Waals surface area (Å²) in [6, 6.07) is 0. The number of hydrogen-bond acceptors (Lipinski definition) is 4. The Labute approximate surface area is 130 Å². The Balaban J connectivity index is 1.54. The Morgan fingerprint density at radius 3 is 3.00 bits per heavy atom. The lowest BCUT2D eigenvalue weighted by Crippen LogP contribution is -2.53. The van der Waals surface area contributed by atoms with Crippen molar-refractivity contribution >= 4 is 11.7 Å². The van der Waals surface area contributed by atoms with Gasteiger partial charge >= 0.3 is 0 Å². The maximum Gasteiger partial charge on any atom is 0.224 e. The monoisotopic (exact) mass is 305 g/mol. The first-order valence-electron chi connectivity index (χ1n) is 8.10. The number of aryl methyl sites for hydroxylation is 2. The highest BCUT2D eigenvalue weighted by Gasteiger charge is 2.46. The molecule has 1 aromatic heterocycles. The number of ketones is 1. The van der Waals surface area contributed by atoms with E-state index in [0.717, 1.165) is 25.1 Å². The van der Waals surface area contributed by atoms with Crippen LogP contribution in [0.25, 0.3) is 0 Å². The molecule has 2 saturated heterocycles. The fraction of sp³-hybridized carbons (Fsp3) is 0.688. The number of Topliss-reactive ketones (excluding diaryl/α,β-unsaturated/α-hetero) is 1. The van der Waals surface area contributed by atoms with E-state index in [1.807, 2.05) is 17.7 Å². The summed E-state index contributed by atoms with van der Waals surface area (Å²) in [5, 5.41) is 0. The van der Waals surface area contributed by atoms with E-state index in [4.69, 9.17) is 4.74 Å². The zero-order chi connectivity index (χ0) is 15.6. The number of hydrogen-bond donors (Lipinski definition) is 0. The molecule has 3 heterocycles. The molecule has 1 spiro atoms. The number of carbonyl (C=O) groups is 2. The fourth-order valence-corrected chi connectivity index (χ4v) is 3.41. The lowest BCUT2D eigenvalue weighted by molar-refractivity contribution is -0.152. The van der Waals surface area contributed by atoms with Crippen LogP contribution in [0.4, 0.5) is 0 Å². The lowest BCUT2D eigenvalue weighted by atomic mass is 9.87. The number of amides is 1. The number of imidazole rings is 1. The third-order valence-corrected chi connectivity index (χ3v) is 4.77. The molecule has 1 aromatic rings. The van der Waals surface area contributed by atoms with Gasteiger partial charge in [0.2, 0.25) is 5.91 Å². The average molecular weight is 305 g/mol. The summed E-state index contributed by atoms with van der Waals surface area (Å²) in [4.78, 5) is 30.6. The largest absolute Gasteiger partial charge is 0.367 e. The van der Waals surface area contributed by atoms with Gasteiger partial charge in [-0.25, -0.2) is 4.98 Å². The predicted molar refractivity (Wildman–Crippen MR) is 80.3 cm³/mol. The zero-order valence-electron chi connectivity index (χ0n) is 13.1. The van der Waals surface area contributed by atoms with Gasteiger partial charge in [0.1, 0.15) is 11.4 Å². The third kappa shape index (κ3) is 2.79. The van der Waals surface area contributed by atoms with Crippen LogP contribution >= 0.6 is 0 Å². The van der Waals surface area contributed by atoms with E-state index < -0.39 is 5.60 Å². The van der Waals surface area contributed by atoms with Crippen LogP contribution in [0.15, 0.2) is 12.4 Å². The Bertz CT molecular complexity index is 561. The second kappa shape index (κ2) is 6.20. The second-order valence-corrected chi connectivity index (χ2v) is 6.08. The number of nitrogens with zero attached hydrogens (tertiary/aromatic N) is 3. The molecule has 3 rings (SSSR count). The minimum atomic E-state index is -0.587. The van der Waals surface area contributed by atoms with Crippen LogP contribution < -0.4 is 0 Å². The average Bonchev–Trinajstić information content (AvgIpc) is 3.17. The van der Waals surface area contributed by atoms with Crippen molar-refractivity contribution < 1.29 is 14.3 Å². The minimum Gasteiger partial charge on any atom is -0.367 e. The number of rotatable bonds is 4. The summed E-state index contributed by atoms with van der Waals surface area (Å²) in [6.07, 6.45) is 7.31. The van der Waals surface area contributed by atoms with Crippen LogP contribution in [0, 0.1) is 0 Å². The smallest absolute Gasteiger partial charge is 0.224 e. The topological polar surface area (TPSA) is 64.4 Å². The van der Waals surface area contributed by atoms with Crippen molar-refractivity contribution in [3.63, 3.8) is 0 Å². The lowest BCUT2D eigenvalue weighted by Gasteiger charge is -2.37. The highest BCUT2D eigenvalue weighted by atomic mass is 16.5. The summed E-state index contributed by atoms with van der Waals surface area (Å²) in [7, 11) is 0. The predicted octanol–water partition coefficient (Wildman–Crippen LogP) is 1.19. The fourth-order valence-electron chi connectivity index (χ4n) is 3.41. The van der Waals surface area contributed by atoms with Gasteiger partial charge in [0, 0.05) is 51.4 Å². The summed E-state index contributed by atoms with van der Waals surface area (Å²) in [6.45, 7) is 4.15. The molecule has 0 saturated carbocycles. The van der Waals surface area contributed by atoms with Gasteiger partial charge in [-0.05, 0) is 12.8 Å². The molecule has 2 aliphatic rings. The van der Waals surface area contributed by atoms with Crippen LogP contribution in [0.5, 0.6) is 0 Å². The quantitative estimate of drug-likeness (QED) is 0.838. The van der Waals surface area contributed by atoms with E-state index >= 15 is 0 Å². The van der Waals surface area contributed by atoms with Gasteiger partial charge in [0.25, 0.3) is 0 Å². The Morgan fingerprint density at radius 1 is 1.45 bits per heavy atom. The van der Waals surface area contributed by atoms with Crippen LogP contribution in [0.2, 0.25) is 0 Å². The van der Waals surface area contributed by atoms with Gasteiger partial charge in [-0.2, -0.15) is 0 Å². The highest BCUT2D eigenvalue weighted by Crippen LogP contribution is 2.33. The first-order valence-corrected chi connectivity index (χ1v) is 8.10. The summed E-state index contributed by atoms with van der Waals surface area (Å²) >= 11 is 0. The van der Waals surface area contributed by atoms with Crippen molar-refractivity contribution in [1.29, 1.82) is 0 Å². The summed E-state index contributed by atoms with van der Waals surface area (Å²) in [5.41, 5.74) is -0.587. The number of aromatic nitrogens is 2. The number of ether oxygens (including phenoxy) is 1. The first-order chi connectivity index (χ1) is 10.6. The summed E-state index contributed by atoms with van der Waals surface area (Å²) < 4.78 is 7.68. The van der Waals surface area contributed by atoms with Gasteiger partial charge in [-0.1, -0.05) is 6.92 Å². The maximum atomic E-state index is 12.3. The van der Waals surface area contributed by atoms with E-state index in [1.165, 1.54) is 0 Å².